The van der Waals surface area contributed by atoms with Crippen LogP contribution >= 0.6 is 23.2 Å². The van der Waals surface area contributed by atoms with Crippen LogP contribution in [0.2, 0.25) is 10.2 Å². The van der Waals surface area contributed by atoms with E-state index in [1.807, 2.05) is 0 Å². The van der Waals surface area contributed by atoms with Crippen LogP contribution in [0.4, 0.5) is 5.69 Å². The SMILES string of the molecule is Cn1cc([N+](=O)[O-])c(=O)n(Cc2nc(Cl)ccc2Cl)c1=O. The Bertz CT molecular complexity index is 843. The van der Waals surface area contributed by atoms with E-state index in [0.29, 0.717) is 4.57 Å². The van der Waals surface area contributed by atoms with E-state index in [2.05, 4.69) is 4.98 Å². The third-order valence-electron chi connectivity index (χ3n) is 2.70. The van der Waals surface area contributed by atoms with Crippen molar-refractivity contribution in [3.63, 3.8) is 0 Å². The molecule has 10 heteroatoms. The van der Waals surface area contributed by atoms with Crippen molar-refractivity contribution in [2.24, 2.45) is 7.05 Å². The van der Waals surface area contributed by atoms with Crippen LogP contribution in [0.15, 0.2) is 27.9 Å². The van der Waals surface area contributed by atoms with Gasteiger partial charge in [0, 0.05) is 7.05 Å². The van der Waals surface area contributed by atoms with Crippen LogP contribution < -0.4 is 11.2 Å². The van der Waals surface area contributed by atoms with Crippen LogP contribution in [0.3, 0.4) is 0 Å². The molecular formula is C11H8Cl2N4O4. The van der Waals surface area contributed by atoms with E-state index in [1.54, 1.807) is 0 Å². The molecule has 0 aliphatic rings. The fourth-order valence-corrected chi connectivity index (χ4v) is 2.02. The molecule has 0 aliphatic carbocycles. The first-order valence-electron chi connectivity index (χ1n) is 5.57. The molecule has 2 rings (SSSR count). The van der Waals surface area contributed by atoms with Crippen molar-refractivity contribution in [3.05, 3.63) is 65.2 Å². The Morgan fingerprint density at radius 1 is 1.33 bits per heavy atom. The molecule has 2 heterocycles. The second-order valence-corrected chi connectivity index (χ2v) is 4.91. The molecular weight excluding hydrogens is 323 g/mol. The van der Waals surface area contributed by atoms with Crippen molar-refractivity contribution in [1.29, 1.82) is 0 Å². The van der Waals surface area contributed by atoms with E-state index in [9.17, 15) is 19.7 Å². The minimum Gasteiger partial charge on any atom is -0.297 e. The zero-order valence-corrected chi connectivity index (χ0v) is 12.1. The summed E-state index contributed by atoms with van der Waals surface area (Å²) in [4.78, 5) is 37.8. The van der Waals surface area contributed by atoms with Gasteiger partial charge < -0.3 is 0 Å². The lowest BCUT2D eigenvalue weighted by Crippen LogP contribution is -2.40. The molecule has 0 saturated heterocycles. The number of pyridine rings is 1. The number of aryl methyl sites for hydroxylation is 1. The molecule has 21 heavy (non-hydrogen) atoms. The molecule has 0 aromatic carbocycles. The molecule has 0 aliphatic heterocycles. The number of rotatable bonds is 3. The van der Waals surface area contributed by atoms with Crippen LogP contribution in [0.5, 0.6) is 0 Å². The fraction of sp³-hybridized carbons (Fsp3) is 0.182. The van der Waals surface area contributed by atoms with Crippen LogP contribution in [0.25, 0.3) is 0 Å². The highest BCUT2D eigenvalue weighted by Gasteiger charge is 2.19. The highest BCUT2D eigenvalue weighted by molar-refractivity contribution is 6.32. The Balaban J connectivity index is 2.64. The normalized spacial score (nSPS) is 10.6. The molecule has 8 nitrogen and oxygen atoms in total. The Hall–Kier alpha value is -2.19. The number of nitrogens with zero attached hydrogens (tertiary/aromatic N) is 4. The van der Waals surface area contributed by atoms with Crippen LogP contribution in [-0.2, 0) is 13.6 Å². The standard InChI is InChI=1S/C11H8Cl2N4O4/c1-15-5-8(17(20)21)10(18)16(11(15)19)4-7-6(12)2-3-9(13)14-7/h2-3,5H,4H2,1H3. The van der Waals surface area contributed by atoms with Gasteiger partial charge in [-0.3, -0.25) is 19.5 Å². The molecule has 0 amide bonds. The third-order valence-corrected chi connectivity index (χ3v) is 3.26. The zero-order chi connectivity index (χ0) is 15.7. The predicted molar refractivity (Wildman–Crippen MR) is 76.0 cm³/mol. The summed E-state index contributed by atoms with van der Waals surface area (Å²) in [6.07, 6.45) is 0.869. The van der Waals surface area contributed by atoms with Gasteiger partial charge in [-0.1, -0.05) is 23.2 Å². The number of nitro groups is 1. The van der Waals surface area contributed by atoms with Crippen LogP contribution in [0, 0.1) is 10.1 Å². The van der Waals surface area contributed by atoms with Gasteiger partial charge in [0.1, 0.15) is 5.15 Å². The van der Waals surface area contributed by atoms with Gasteiger partial charge >= 0.3 is 16.9 Å². The van der Waals surface area contributed by atoms with E-state index in [4.69, 9.17) is 23.2 Å². The number of halogens is 2. The quantitative estimate of drug-likeness (QED) is 0.478. The summed E-state index contributed by atoms with van der Waals surface area (Å²) >= 11 is 11.6. The monoisotopic (exact) mass is 330 g/mol. The lowest BCUT2D eigenvalue weighted by molar-refractivity contribution is -0.387. The topological polar surface area (TPSA) is 100 Å². The molecule has 0 fully saturated rings. The van der Waals surface area contributed by atoms with Gasteiger partial charge in [-0.15, -0.1) is 0 Å². The third kappa shape index (κ3) is 2.96. The summed E-state index contributed by atoms with van der Waals surface area (Å²) in [5, 5.41) is 11.1. The van der Waals surface area contributed by atoms with Crippen molar-refractivity contribution in [1.82, 2.24) is 14.1 Å². The lowest BCUT2D eigenvalue weighted by Gasteiger charge is -2.08. The second-order valence-electron chi connectivity index (χ2n) is 4.12. The predicted octanol–water partition coefficient (Wildman–Crippen LogP) is 1.21. The smallest absolute Gasteiger partial charge is 0.297 e. The van der Waals surface area contributed by atoms with E-state index < -0.39 is 21.9 Å². The average Bonchev–Trinajstić information content (AvgIpc) is 2.42. The Labute approximate surface area is 127 Å². The molecule has 2 aromatic heterocycles. The van der Waals surface area contributed by atoms with Crippen LogP contribution in [-0.4, -0.2) is 19.0 Å². The Morgan fingerprint density at radius 3 is 2.62 bits per heavy atom. The molecule has 0 bridgehead atoms. The molecule has 2 aromatic rings. The van der Waals surface area contributed by atoms with Crippen molar-refractivity contribution < 1.29 is 4.92 Å². The van der Waals surface area contributed by atoms with Gasteiger partial charge in [-0.25, -0.2) is 14.3 Å². The molecule has 0 N–H and O–H groups in total. The Kier molecular flexibility index (Phi) is 4.10. The summed E-state index contributed by atoms with van der Waals surface area (Å²) in [6.45, 7) is -0.313. The van der Waals surface area contributed by atoms with Gasteiger partial charge in [0.25, 0.3) is 0 Å². The highest BCUT2D eigenvalue weighted by Crippen LogP contribution is 2.17. The number of hydrogen-bond donors (Lipinski definition) is 0. The maximum absolute atomic E-state index is 12.0. The molecule has 0 unspecified atom stereocenters. The molecule has 0 atom stereocenters. The summed E-state index contributed by atoms with van der Waals surface area (Å²) in [6, 6.07) is 2.90. The molecule has 0 spiro atoms. The molecule has 0 radical (unpaired) electrons. The first-order valence-corrected chi connectivity index (χ1v) is 6.32. The molecule has 110 valence electrons. The van der Waals surface area contributed by atoms with Crippen molar-refractivity contribution in [3.8, 4) is 0 Å². The van der Waals surface area contributed by atoms with Crippen molar-refractivity contribution >= 4 is 28.9 Å². The Morgan fingerprint density at radius 2 is 2.00 bits per heavy atom. The number of hydrogen-bond acceptors (Lipinski definition) is 5. The van der Waals surface area contributed by atoms with E-state index in [-0.39, 0.29) is 22.4 Å². The van der Waals surface area contributed by atoms with Gasteiger partial charge in [0.05, 0.1) is 28.4 Å². The highest BCUT2D eigenvalue weighted by atomic mass is 35.5. The first-order chi connectivity index (χ1) is 9.81. The maximum Gasteiger partial charge on any atom is 0.350 e. The largest absolute Gasteiger partial charge is 0.350 e. The summed E-state index contributed by atoms with van der Waals surface area (Å²) in [7, 11) is 1.30. The zero-order valence-electron chi connectivity index (χ0n) is 10.6. The first kappa shape index (κ1) is 15.2. The minimum absolute atomic E-state index is 0.129. The average molecular weight is 331 g/mol. The van der Waals surface area contributed by atoms with E-state index in [0.717, 1.165) is 10.8 Å². The summed E-state index contributed by atoms with van der Waals surface area (Å²) in [5.41, 5.74) is -2.29. The van der Waals surface area contributed by atoms with Gasteiger partial charge in [0.15, 0.2) is 0 Å². The lowest BCUT2D eigenvalue weighted by atomic mass is 10.3. The number of aromatic nitrogens is 3. The van der Waals surface area contributed by atoms with E-state index >= 15 is 0 Å². The summed E-state index contributed by atoms with van der Waals surface area (Å²) in [5.74, 6) is 0. The fourth-order valence-electron chi connectivity index (χ4n) is 1.69. The maximum atomic E-state index is 12.0. The van der Waals surface area contributed by atoms with Crippen LogP contribution in [0.1, 0.15) is 5.69 Å². The summed E-state index contributed by atoms with van der Waals surface area (Å²) < 4.78 is 1.63. The second kappa shape index (κ2) is 5.66. The molecule has 0 saturated carbocycles. The van der Waals surface area contributed by atoms with Gasteiger partial charge in [0.2, 0.25) is 0 Å². The van der Waals surface area contributed by atoms with Crippen molar-refractivity contribution in [2.45, 2.75) is 6.54 Å². The van der Waals surface area contributed by atoms with Gasteiger partial charge in [-0.2, -0.15) is 0 Å². The minimum atomic E-state index is -1.03. The van der Waals surface area contributed by atoms with Crippen molar-refractivity contribution in [2.75, 3.05) is 0 Å². The van der Waals surface area contributed by atoms with Gasteiger partial charge in [-0.05, 0) is 12.1 Å². The van der Waals surface area contributed by atoms with E-state index in [1.165, 1.54) is 19.2 Å².